The fourth-order valence-electron chi connectivity index (χ4n) is 5.85. The van der Waals surface area contributed by atoms with Crippen LogP contribution in [0.15, 0.2) is 53.6 Å². The maximum Gasteiger partial charge on any atom is 0.240 e. The van der Waals surface area contributed by atoms with Crippen molar-refractivity contribution in [2.24, 2.45) is 16.9 Å². The molecule has 0 aromatic heterocycles. The molecule has 2 aromatic rings. The van der Waals surface area contributed by atoms with Crippen LogP contribution >= 0.6 is 11.8 Å². The average molecular weight is 485 g/mol. The molecular formula is C25H26F2N4O2S. The molecule has 2 amide bonds. The van der Waals surface area contributed by atoms with Gasteiger partial charge in [-0.2, -0.15) is 0 Å². The lowest BCUT2D eigenvalue weighted by Gasteiger charge is -2.59. The van der Waals surface area contributed by atoms with Crippen molar-refractivity contribution in [3.63, 3.8) is 0 Å². The predicted octanol–water partition coefficient (Wildman–Crippen LogP) is 4.47. The van der Waals surface area contributed by atoms with Gasteiger partial charge in [-0.25, -0.2) is 13.8 Å². The number of nitrogens with one attached hydrogen (secondary N) is 2. The summed E-state index contributed by atoms with van der Waals surface area (Å²) in [6.45, 7) is 2.90. The van der Waals surface area contributed by atoms with Crippen molar-refractivity contribution in [2.45, 2.75) is 50.1 Å². The Bertz CT molecular complexity index is 1080. The Morgan fingerprint density at radius 3 is 1.91 bits per heavy atom. The Kier molecular flexibility index (Phi) is 5.93. The van der Waals surface area contributed by atoms with Crippen molar-refractivity contribution in [1.29, 1.82) is 0 Å². The lowest BCUT2D eigenvalue weighted by molar-refractivity contribution is -0.140. The van der Waals surface area contributed by atoms with Gasteiger partial charge < -0.3 is 10.6 Å². The lowest BCUT2D eigenvalue weighted by atomic mass is 9.64. The van der Waals surface area contributed by atoms with Crippen LogP contribution in [0.3, 0.4) is 0 Å². The third-order valence-corrected chi connectivity index (χ3v) is 8.56. The second-order valence-electron chi connectivity index (χ2n) is 9.14. The van der Waals surface area contributed by atoms with E-state index in [0.29, 0.717) is 5.17 Å². The molecule has 2 aromatic carbocycles. The van der Waals surface area contributed by atoms with Gasteiger partial charge in [0.05, 0.1) is 0 Å². The minimum Gasteiger partial charge on any atom is -0.304 e. The molecule has 0 radical (unpaired) electrons. The Morgan fingerprint density at radius 2 is 1.47 bits per heavy atom. The minimum absolute atomic E-state index is 0.0442. The number of hydrogen-bond acceptors (Lipinski definition) is 5. The summed E-state index contributed by atoms with van der Waals surface area (Å²) < 4.78 is 27.5. The van der Waals surface area contributed by atoms with E-state index in [-0.39, 0.29) is 47.4 Å². The molecule has 1 saturated heterocycles. The topological polar surface area (TPSA) is 73.8 Å². The Hall–Kier alpha value is -2.78. The average Bonchev–Trinajstić information content (AvgIpc) is 3.13. The molecule has 2 bridgehead atoms. The zero-order valence-corrected chi connectivity index (χ0v) is 19.7. The molecular weight excluding hydrogens is 458 g/mol. The molecule has 1 spiro atoms. The molecule has 1 aliphatic carbocycles. The van der Waals surface area contributed by atoms with Crippen LogP contribution in [0.4, 0.5) is 8.78 Å². The molecule has 5 rings (SSSR count). The number of halogens is 2. The third kappa shape index (κ3) is 3.80. The zero-order valence-electron chi connectivity index (χ0n) is 18.9. The van der Waals surface area contributed by atoms with Gasteiger partial charge in [0.2, 0.25) is 11.8 Å². The first-order chi connectivity index (χ1) is 16.3. The zero-order chi connectivity index (χ0) is 24.0. The van der Waals surface area contributed by atoms with Crippen LogP contribution in [0.1, 0.15) is 56.3 Å². The summed E-state index contributed by atoms with van der Waals surface area (Å²) in [7, 11) is 0. The van der Waals surface area contributed by atoms with Crippen molar-refractivity contribution in [3.05, 3.63) is 71.3 Å². The number of hydrazone groups is 1. The van der Waals surface area contributed by atoms with E-state index in [1.165, 1.54) is 49.9 Å². The van der Waals surface area contributed by atoms with E-state index in [1.807, 2.05) is 0 Å². The second kappa shape index (κ2) is 8.78. The standard InChI is InChI=1S/C25H26F2N4O2S/c1-14(32)28-24-30-31(15(2)33)25(34-24)20-4-3-5-21(25)23(17-8-12-19(27)13-9-17)29-22(20)16-6-10-18(26)11-7-16/h6-13,20-23,29H,3-5H2,1-2H3,(H,28,30,32). The van der Waals surface area contributed by atoms with Crippen LogP contribution in [0.2, 0.25) is 0 Å². The van der Waals surface area contributed by atoms with E-state index in [9.17, 15) is 18.4 Å². The van der Waals surface area contributed by atoms with E-state index in [1.54, 1.807) is 29.3 Å². The fraction of sp³-hybridized carbons (Fsp3) is 0.400. The number of carbonyl (C=O) groups excluding carboxylic acids is 2. The van der Waals surface area contributed by atoms with Gasteiger partial charge in [-0.15, -0.1) is 5.10 Å². The number of amidine groups is 1. The van der Waals surface area contributed by atoms with Gasteiger partial charge >= 0.3 is 0 Å². The molecule has 1 saturated carbocycles. The number of benzene rings is 2. The predicted molar refractivity (Wildman–Crippen MR) is 126 cm³/mol. The minimum atomic E-state index is -0.745. The molecule has 34 heavy (non-hydrogen) atoms. The molecule has 2 N–H and O–H groups in total. The monoisotopic (exact) mass is 484 g/mol. The van der Waals surface area contributed by atoms with E-state index in [0.717, 1.165) is 30.4 Å². The maximum absolute atomic E-state index is 13.7. The number of amides is 2. The van der Waals surface area contributed by atoms with Crippen molar-refractivity contribution >= 4 is 28.7 Å². The van der Waals surface area contributed by atoms with Crippen molar-refractivity contribution in [2.75, 3.05) is 0 Å². The molecule has 2 heterocycles. The van der Waals surface area contributed by atoms with Crippen LogP contribution < -0.4 is 10.6 Å². The van der Waals surface area contributed by atoms with Crippen LogP contribution in [0.25, 0.3) is 0 Å². The normalized spacial score (nSPS) is 30.2. The Morgan fingerprint density at radius 1 is 0.971 bits per heavy atom. The van der Waals surface area contributed by atoms with E-state index in [4.69, 9.17) is 0 Å². The summed E-state index contributed by atoms with van der Waals surface area (Å²) >= 11 is 1.43. The van der Waals surface area contributed by atoms with Gasteiger partial charge in [0.15, 0.2) is 5.17 Å². The highest BCUT2D eigenvalue weighted by atomic mass is 32.2. The van der Waals surface area contributed by atoms with Gasteiger partial charge in [-0.3, -0.25) is 9.59 Å². The van der Waals surface area contributed by atoms with Crippen LogP contribution in [-0.2, 0) is 9.59 Å². The number of hydrogen-bond donors (Lipinski definition) is 2. The smallest absolute Gasteiger partial charge is 0.240 e. The van der Waals surface area contributed by atoms with Crippen molar-refractivity contribution in [1.82, 2.24) is 15.6 Å². The van der Waals surface area contributed by atoms with Gasteiger partial charge in [0.25, 0.3) is 0 Å². The quantitative estimate of drug-likeness (QED) is 0.660. The number of nitrogens with zero attached hydrogens (tertiary/aromatic N) is 2. The van der Waals surface area contributed by atoms with Crippen molar-refractivity contribution in [3.8, 4) is 0 Å². The van der Waals surface area contributed by atoms with Gasteiger partial charge in [0, 0.05) is 37.8 Å². The summed E-state index contributed by atoms with van der Waals surface area (Å²) in [5.41, 5.74) is 1.82. The first-order valence-corrected chi connectivity index (χ1v) is 12.2. The summed E-state index contributed by atoms with van der Waals surface area (Å²) in [5.74, 6) is -1.18. The molecule has 178 valence electrons. The molecule has 2 fully saturated rings. The fourth-order valence-corrected chi connectivity index (χ4v) is 7.54. The molecule has 4 atom stereocenters. The molecule has 2 aliphatic heterocycles. The summed E-state index contributed by atoms with van der Waals surface area (Å²) in [5, 5.41) is 13.0. The van der Waals surface area contributed by atoms with E-state index in [2.05, 4.69) is 15.7 Å². The SMILES string of the molecule is CC(=O)NC1=NN(C(C)=O)C2(S1)C1CCCC2C(c2ccc(F)cc2)NC1c1ccc(F)cc1. The Balaban J connectivity index is 1.66. The first kappa shape index (κ1) is 23.0. The number of thioether (sulfide) groups is 1. The summed E-state index contributed by atoms with van der Waals surface area (Å²) in [6.07, 6.45) is 2.62. The summed E-state index contributed by atoms with van der Waals surface area (Å²) in [4.78, 5) is 24.0. The van der Waals surface area contributed by atoms with Crippen LogP contribution in [0.5, 0.6) is 0 Å². The number of piperidine rings is 1. The molecule has 9 heteroatoms. The van der Waals surface area contributed by atoms with Gasteiger partial charge in [-0.05, 0) is 48.2 Å². The highest BCUT2D eigenvalue weighted by molar-refractivity contribution is 8.15. The van der Waals surface area contributed by atoms with E-state index < -0.39 is 4.87 Å². The molecule has 4 unspecified atom stereocenters. The third-order valence-electron chi connectivity index (χ3n) is 7.08. The summed E-state index contributed by atoms with van der Waals surface area (Å²) in [6, 6.07) is 12.4. The maximum atomic E-state index is 13.7. The molecule has 6 nitrogen and oxygen atoms in total. The van der Waals surface area contributed by atoms with Gasteiger partial charge in [0.1, 0.15) is 16.5 Å². The Labute approximate surface area is 201 Å². The highest BCUT2D eigenvalue weighted by Crippen LogP contribution is 2.62. The number of rotatable bonds is 2. The van der Waals surface area contributed by atoms with Gasteiger partial charge in [-0.1, -0.05) is 42.4 Å². The second-order valence-corrected chi connectivity index (χ2v) is 10.4. The van der Waals surface area contributed by atoms with Crippen molar-refractivity contribution < 1.29 is 18.4 Å². The lowest BCUT2D eigenvalue weighted by Crippen LogP contribution is -2.65. The first-order valence-electron chi connectivity index (χ1n) is 11.4. The van der Waals surface area contributed by atoms with Crippen LogP contribution in [0, 0.1) is 23.5 Å². The van der Waals surface area contributed by atoms with E-state index >= 15 is 0 Å². The number of carbonyl (C=O) groups is 2. The molecule has 3 aliphatic rings. The highest BCUT2D eigenvalue weighted by Gasteiger charge is 2.64. The largest absolute Gasteiger partial charge is 0.304 e. The van der Waals surface area contributed by atoms with Crippen LogP contribution in [-0.4, -0.2) is 26.9 Å².